The fourth-order valence-electron chi connectivity index (χ4n) is 4.82. The monoisotopic (exact) mass is 536 g/mol. The first kappa shape index (κ1) is 25.6. The van der Waals surface area contributed by atoms with Crippen molar-refractivity contribution < 1.29 is 22.4 Å². The maximum absolute atomic E-state index is 13.9. The normalized spacial score (nSPS) is 15.3. The van der Waals surface area contributed by atoms with Gasteiger partial charge in [0.15, 0.2) is 6.04 Å². The number of anilines is 1. The van der Waals surface area contributed by atoms with Crippen LogP contribution in [0.2, 0.25) is 0 Å². The van der Waals surface area contributed by atoms with E-state index in [9.17, 15) is 18.0 Å². The first-order valence-electron chi connectivity index (χ1n) is 12.4. The third-order valence-electron chi connectivity index (χ3n) is 6.69. The van der Waals surface area contributed by atoms with Crippen molar-refractivity contribution in [3.8, 4) is 0 Å². The standard InChI is InChI=1S/C26H28N6O5S/c27-38(35,36)20-14-12-19(13-15-20)32(24(33)17-31-22-10-5-4-9-21(22)29-30-31)25(23-11-6-16-37-23)26(34)28-18-7-2-1-3-8-18/h4-6,9-16,18,25H,1-3,7-8,17H2,(H,28,34)(H2,27,35,36). The third-order valence-corrected chi connectivity index (χ3v) is 7.62. The Labute approximate surface area is 219 Å². The maximum Gasteiger partial charge on any atom is 0.251 e. The smallest absolute Gasteiger partial charge is 0.251 e. The number of fused-ring (bicyclic) bond motifs is 1. The first-order chi connectivity index (χ1) is 18.3. The number of hydrogen-bond acceptors (Lipinski definition) is 7. The van der Waals surface area contributed by atoms with Crippen LogP contribution in [0.1, 0.15) is 43.9 Å². The Balaban J connectivity index is 1.55. The van der Waals surface area contributed by atoms with E-state index in [0.29, 0.717) is 16.7 Å². The van der Waals surface area contributed by atoms with E-state index < -0.39 is 22.0 Å². The topological polar surface area (TPSA) is 153 Å². The highest BCUT2D eigenvalue weighted by molar-refractivity contribution is 7.89. The summed E-state index contributed by atoms with van der Waals surface area (Å²) in [5.41, 5.74) is 1.58. The second kappa shape index (κ2) is 10.8. The SMILES string of the molecule is NS(=O)(=O)c1ccc(N(C(=O)Cn2nnc3ccccc32)C(C(=O)NC2CCCCC2)c2ccco2)cc1. The molecule has 0 aliphatic heterocycles. The summed E-state index contributed by atoms with van der Waals surface area (Å²) in [5.74, 6) is -0.589. The van der Waals surface area contributed by atoms with Gasteiger partial charge in [-0.25, -0.2) is 18.2 Å². The Bertz CT molecular complexity index is 1530. The molecule has 1 atom stereocenters. The number of hydrogen-bond donors (Lipinski definition) is 2. The van der Waals surface area contributed by atoms with Gasteiger partial charge in [-0.1, -0.05) is 36.6 Å². The Morgan fingerprint density at radius 3 is 2.47 bits per heavy atom. The highest BCUT2D eigenvalue weighted by Gasteiger charge is 2.36. The lowest BCUT2D eigenvalue weighted by atomic mass is 9.95. The Hall–Kier alpha value is -4.03. The van der Waals surface area contributed by atoms with Crippen molar-refractivity contribution in [1.82, 2.24) is 20.3 Å². The van der Waals surface area contributed by atoms with Crippen LogP contribution in [0.15, 0.2) is 76.2 Å². The van der Waals surface area contributed by atoms with Crippen LogP contribution in [0.25, 0.3) is 11.0 Å². The van der Waals surface area contributed by atoms with Gasteiger partial charge >= 0.3 is 0 Å². The minimum atomic E-state index is -3.95. The molecule has 0 saturated heterocycles. The van der Waals surface area contributed by atoms with Crippen molar-refractivity contribution in [3.63, 3.8) is 0 Å². The van der Waals surface area contributed by atoms with E-state index in [1.54, 1.807) is 24.3 Å². The third kappa shape index (κ3) is 5.46. The fourth-order valence-corrected chi connectivity index (χ4v) is 5.33. The van der Waals surface area contributed by atoms with Gasteiger partial charge in [0.05, 0.1) is 16.7 Å². The number of para-hydroxylation sites is 1. The summed E-state index contributed by atoms with van der Waals surface area (Å²) in [6.45, 7) is -0.217. The summed E-state index contributed by atoms with van der Waals surface area (Å²) in [6.07, 6.45) is 6.33. The second-order valence-corrected chi connectivity index (χ2v) is 10.9. The van der Waals surface area contributed by atoms with Crippen molar-refractivity contribution in [2.45, 2.75) is 55.6 Å². The van der Waals surface area contributed by atoms with E-state index in [1.165, 1.54) is 40.1 Å². The van der Waals surface area contributed by atoms with E-state index in [0.717, 1.165) is 32.1 Å². The highest BCUT2D eigenvalue weighted by Crippen LogP contribution is 2.31. The van der Waals surface area contributed by atoms with Gasteiger partial charge in [-0.15, -0.1) is 5.10 Å². The van der Waals surface area contributed by atoms with Gasteiger partial charge in [0.25, 0.3) is 5.91 Å². The number of primary sulfonamides is 1. The number of carbonyl (C=O) groups excluding carboxylic acids is 2. The molecule has 2 amide bonds. The maximum atomic E-state index is 13.9. The summed E-state index contributed by atoms with van der Waals surface area (Å²) < 4.78 is 30.8. The van der Waals surface area contributed by atoms with Crippen molar-refractivity contribution in [2.24, 2.45) is 5.14 Å². The molecule has 0 radical (unpaired) electrons. The fraction of sp³-hybridized carbons (Fsp3) is 0.308. The van der Waals surface area contributed by atoms with E-state index in [-0.39, 0.29) is 29.1 Å². The van der Waals surface area contributed by atoms with Crippen molar-refractivity contribution >= 4 is 38.6 Å². The molecule has 0 bridgehead atoms. The van der Waals surface area contributed by atoms with Crippen LogP contribution in [-0.2, 0) is 26.2 Å². The van der Waals surface area contributed by atoms with Crippen LogP contribution in [-0.4, -0.2) is 41.3 Å². The number of nitrogens with two attached hydrogens (primary N) is 1. The average Bonchev–Trinajstić information content (AvgIpc) is 3.58. The summed E-state index contributed by atoms with van der Waals surface area (Å²) in [4.78, 5) is 28.9. The van der Waals surface area contributed by atoms with Crippen LogP contribution in [0.3, 0.4) is 0 Å². The number of nitrogens with zero attached hydrogens (tertiary/aromatic N) is 4. The lowest BCUT2D eigenvalue weighted by Crippen LogP contribution is -2.48. The zero-order chi connectivity index (χ0) is 26.7. The van der Waals surface area contributed by atoms with Crippen molar-refractivity contribution in [1.29, 1.82) is 0 Å². The van der Waals surface area contributed by atoms with E-state index in [4.69, 9.17) is 9.56 Å². The van der Waals surface area contributed by atoms with Crippen LogP contribution >= 0.6 is 0 Å². The lowest BCUT2D eigenvalue weighted by Gasteiger charge is -2.32. The predicted molar refractivity (Wildman–Crippen MR) is 139 cm³/mol. The molecule has 11 nitrogen and oxygen atoms in total. The molecule has 5 rings (SSSR count). The molecule has 198 valence electrons. The molecule has 2 aromatic carbocycles. The average molecular weight is 537 g/mol. The molecular weight excluding hydrogens is 508 g/mol. The van der Waals surface area contributed by atoms with Gasteiger partial charge in [0.2, 0.25) is 15.9 Å². The molecule has 3 N–H and O–H groups in total. The van der Waals surface area contributed by atoms with E-state index in [1.807, 2.05) is 12.1 Å². The molecule has 1 saturated carbocycles. The Morgan fingerprint density at radius 1 is 1.05 bits per heavy atom. The summed E-state index contributed by atoms with van der Waals surface area (Å²) >= 11 is 0. The predicted octanol–water partition coefficient (Wildman–Crippen LogP) is 2.90. The zero-order valence-corrected chi connectivity index (χ0v) is 21.4. The number of aromatic nitrogens is 3. The van der Waals surface area contributed by atoms with Gasteiger partial charge in [-0.2, -0.15) is 0 Å². The number of carbonyl (C=O) groups is 2. The molecule has 1 unspecified atom stereocenters. The number of benzene rings is 2. The van der Waals surface area contributed by atoms with Crippen molar-refractivity contribution in [3.05, 3.63) is 72.7 Å². The molecule has 38 heavy (non-hydrogen) atoms. The van der Waals surface area contributed by atoms with Crippen LogP contribution in [0.5, 0.6) is 0 Å². The molecule has 1 aliphatic carbocycles. The van der Waals surface area contributed by atoms with Crippen LogP contribution in [0.4, 0.5) is 5.69 Å². The molecule has 1 fully saturated rings. The van der Waals surface area contributed by atoms with Gasteiger partial charge in [-0.05, 0) is 61.4 Å². The number of sulfonamides is 1. The molecule has 2 heterocycles. The van der Waals surface area contributed by atoms with Crippen molar-refractivity contribution in [2.75, 3.05) is 4.90 Å². The minimum absolute atomic E-state index is 0.00492. The summed E-state index contributed by atoms with van der Waals surface area (Å²) in [5, 5.41) is 16.6. The largest absolute Gasteiger partial charge is 0.467 e. The van der Waals surface area contributed by atoms with E-state index in [2.05, 4.69) is 15.6 Å². The van der Waals surface area contributed by atoms with Gasteiger partial charge < -0.3 is 9.73 Å². The number of nitrogens with one attached hydrogen (secondary N) is 1. The quantitative estimate of drug-likeness (QED) is 0.351. The lowest BCUT2D eigenvalue weighted by molar-refractivity contribution is -0.128. The minimum Gasteiger partial charge on any atom is -0.467 e. The Morgan fingerprint density at radius 2 is 1.79 bits per heavy atom. The van der Waals surface area contributed by atoms with Gasteiger partial charge in [0, 0.05) is 11.7 Å². The molecule has 4 aromatic rings. The molecular formula is C26H28N6O5S. The number of furan rings is 1. The summed E-state index contributed by atoms with van der Waals surface area (Å²) in [7, 11) is -3.95. The van der Waals surface area contributed by atoms with Crippen LogP contribution < -0.4 is 15.4 Å². The number of amides is 2. The van der Waals surface area contributed by atoms with E-state index >= 15 is 0 Å². The van der Waals surface area contributed by atoms with Gasteiger partial charge in [-0.3, -0.25) is 14.5 Å². The summed E-state index contributed by atoms with van der Waals surface area (Å²) in [6, 6.07) is 14.9. The van der Waals surface area contributed by atoms with Gasteiger partial charge in [0.1, 0.15) is 17.8 Å². The second-order valence-electron chi connectivity index (χ2n) is 9.30. The molecule has 12 heteroatoms. The Kier molecular flexibility index (Phi) is 7.25. The molecule has 0 spiro atoms. The highest BCUT2D eigenvalue weighted by atomic mass is 32.2. The molecule has 1 aliphatic rings. The first-order valence-corrected chi connectivity index (χ1v) is 13.9. The molecule has 2 aromatic heterocycles. The zero-order valence-electron chi connectivity index (χ0n) is 20.6. The number of rotatable bonds is 8. The van der Waals surface area contributed by atoms with Crippen LogP contribution in [0, 0.1) is 0 Å².